The molecule has 0 fully saturated rings. The normalized spacial score (nSPS) is 12.4. The molecule has 1 nitrogen and oxygen atoms in total. The Hall–Kier alpha value is -1.38. The number of halogens is 2. The molecule has 100 valence electrons. The lowest BCUT2D eigenvalue weighted by Gasteiger charge is -2.12. The van der Waals surface area contributed by atoms with Crippen LogP contribution in [0.15, 0.2) is 48.5 Å². The molecule has 3 heteroatoms. The van der Waals surface area contributed by atoms with Gasteiger partial charge in [-0.2, -0.15) is 0 Å². The van der Waals surface area contributed by atoms with Crippen LogP contribution in [-0.2, 0) is 6.42 Å². The van der Waals surface area contributed by atoms with E-state index in [0.29, 0.717) is 17.0 Å². The van der Waals surface area contributed by atoms with Crippen LogP contribution in [-0.4, -0.2) is 5.11 Å². The quantitative estimate of drug-likeness (QED) is 0.851. The first-order chi connectivity index (χ1) is 9.16. The van der Waals surface area contributed by atoms with E-state index < -0.39 is 11.9 Å². The molecule has 0 bridgehead atoms. The summed E-state index contributed by atoms with van der Waals surface area (Å²) in [6, 6.07) is 14.4. The van der Waals surface area contributed by atoms with Gasteiger partial charge in [-0.1, -0.05) is 48.0 Å². The van der Waals surface area contributed by atoms with Gasteiger partial charge in [0, 0.05) is 10.6 Å². The molecule has 2 rings (SSSR count). The molecule has 0 aliphatic heterocycles. The highest BCUT2D eigenvalue weighted by molar-refractivity contribution is 6.30. The zero-order valence-corrected chi connectivity index (χ0v) is 11.3. The maximum absolute atomic E-state index is 13.6. The summed E-state index contributed by atoms with van der Waals surface area (Å²) in [5.41, 5.74) is 1.55. The van der Waals surface area contributed by atoms with Crippen molar-refractivity contribution in [2.24, 2.45) is 0 Å². The highest BCUT2D eigenvalue weighted by atomic mass is 35.5. The Kier molecular flexibility index (Phi) is 4.94. The van der Waals surface area contributed by atoms with Crippen LogP contribution in [0.4, 0.5) is 4.39 Å². The van der Waals surface area contributed by atoms with Gasteiger partial charge in [0.25, 0.3) is 0 Å². The van der Waals surface area contributed by atoms with Crippen LogP contribution in [0, 0.1) is 5.82 Å². The fourth-order valence-corrected chi connectivity index (χ4v) is 2.23. The zero-order valence-electron chi connectivity index (χ0n) is 10.5. The molecule has 2 aromatic carbocycles. The van der Waals surface area contributed by atoms with E-state index in [1.165, 1.54) is 11.6 Å². The zero-order chi connectivity index (χ0) is 13.7. The van der Waals surface area contributed by atoms with Crippen molar-refractivity contribution in [2.75, 3.05) is 0 Å². The van der Waals surface area contributed by atoms with E-state index in [2.05, 4.69) is 12.1 Å². The summed E-state index contributed by atoms with van der Waals surface area (Å²) in [6.45, 7) is 0. The van der Waals surface area contributed by atoms with Gasteiger partial charge in [0.1, 0.15) is 5.82 Å². The highest BCUT2D eigenvalue weighted by Crippen LogP contribution is 2.24. The van der Waals surface area contributed by atoms with Crippen LogP contribution in [0.25, 0.3) is 0 Å². The molecule has 1 unspecified atom stereocenters. The number of benzene rings is 2. The lowest BCUT2D eigenvalue weighted by atomic mass is 10.0. The van der Waals surface area contributed by atoms with E-state index >= 15 is 0 Å². The van der Waals surface area contributed by atoms with E-state index in [4.69, 9.17) is 11.6 Å². The van der Waals surface area contributed by atoms with E-state index in [9.17, 15) is 9.50 Å². The number of aliphatic hydroxyl groups is 1. The van der Waals surface area contributed by atoms with Crippen LogP contribution in [0.3, 0.4) is 0 Å². The van der Waals surface area contributed by atoms with Crippen molar-refractivity contribution in [3.63, 3.8) is 0 Å². The van der Waals surface area contributed by atoms with E-state index in [0.717, 1.165) is 12.8 Å². The first-order valence-corrected chi connectivity index (χ1v) is 6.71. The Bertz CT molecular complexity index is 528. The molecule has 2 aromatic rings. The van der Waals surface area contributed by atoms with Crippen molar-refractivity contribution < 1.29 is 9.50 Å². The summed E-state index contributed by atoms with van der Waals surface area (Å²) >= 11 is 5.68. The predicted molar refractivity (Wildman–Crippen MR) is 75.7 cm³/mol. The third-order valence-corrected chi connectivity index (χ3v) is 3.34. The molecule has 0 aliphatic rings. The Morgan fingerprint density at radius 3 is 2.53 bits per heavy atom. The molecular weight excluding hydrogens is 263 g/mol. The summed E-state index contributed by atoms with van der Waals surface area (Å²) in [5.74, 6) is -0.445. The minimum atomic E-state index is -0.777. The topological polar surface area (TPSA) is 20.2 Å². The Balaban J connectivity index is 1.89. The van der Waals surface area contributed by atoms with Crippen LogP contribution in [0.5, 0.6) is 0 Å². The number of hydrogen-bond donors (Lipinski definition) is 1. The minimum Gasteiger partial charge on any atom is -0.388 e. The van der Waals surface area contributed by atoms with Gasteiger partial charge in [-0.15, -0.1) is 0 Å². The van der Waals surface area contributed by atoms with E-state index in [1.54, 1.807) is 12.1 Å². The number of aliphatic hydroxyl groups excluding tert-OH is 1. The van der Waals surface area contributed by atoms with Crippen molar-refractivity contribution in [1.29, 1.82) is 0 Å². The Morgan fingerprint density at radius 1 is 1.11 bits per heavy atom. The van der Waals surface area contributed by atoms with Crippen LogP contribution in [0.2, 0.25) is 5.02 Å². The summed E-state index contributed by atoms with van der Waals surface area (Å²) in [4.78, 5) is 0. The standard InChI is InChI=1S/C16H16ClFO/c17-13-9-10-14(15(18)11-13)16(19)8-4-7-12-5-2-1-3-6-12/h1-3,5-6,9-11,16,19H,4,7-8H2. The van der Waals surface area contributed by atoms with Gasteiger partial charge >= 0.3 is 0 Å². The molecule has 0 saturated heterocycles. The van der Waals surface area contributed by atoms with Gasteiger partial charge in [0.15, 0.2) is 0 Å². The fourth-order valence-electron chi connectivity index (χ4n) is 2.07. The number of rotatable bonds is 5. The third kappa shape index (κ3) is 4.05. The van der Waals surface area contributed by atoms with Gasteiger partial charge in [0.05, 0.1) is 6.10 Å². The largest absolute Gasteiger partial charge is 0.388 e. The van der Waals surface area contributed by atoms with Crippen LogP contribution in [0.1, 0.15) is 30.1 Å². The van der Waals surface area contributed by atoms with Gasteiger partial charge in [-0.05, 0) is 37.0 Å². The van der Waals surface area contributed by atoms with Gasteiger partial charge in [-0.25, -0.2) is 4.39 Å². The Labute approximate surface area is 117 Å². The molecule has 0 aromatic heterocycles. The summed E-state index contributed by atoms with van der Waals surface area (Å²) in [7, 11) is 0. The molecule has 0 saturated carbocycles. The molecule has 19 heavy (non-hydrogen) atoms. The summed E-state index contributed by atoms with van der Waals surface area (Å²) < 4.78 is 13.6. The maximum atomic E-state index is 13.6. The monoisotopic (exact) mass is 278 g/mol. The van der Waals surface area contributed by atoms with Crippen LogP contribution >= 0.6 is 11.6 Å². The lowest BCUT2D eigenvalue weighted by Crippen LogP contribution is -2.01. The molecule has 0 spiro atoms. The SMILES string of the molecule is OC(CCCc1ccccc1)c1ccc(Cl)cc1F. The minimum absolute atomic E-state index is 0.317. The first-order valence-electron chi connectivity index (χ1n) is 6.34. The fraction of sp³-hybridized carbons (Fsp3) is 0.250. The molecular formula is C16H16ClFO. The average molecular weight is 279 g/mol. The maximum Gasteiger partial charge on any atom is 0.130 e. The molecule has 1 N–H and O–H groups in total. The molecule has 0 heterocycles. The van der Waals surface area contributed by atoms with Crippen molar-refractivity contribution in [1.82, 2.24) is 0 Å². The van der Waals surface area contributed by atoms with E-state index in [1.807, 2.05) is 18.2 Å². The third-order valence-electron chi connectivity index (χ3n) is 3.11. The smallest absolute Gasteiger partial charge is 0.130 e. The first kappa shape index (κ1) is 14.0. The number of hydrogen-bond acceptors (Lipinski definition) is 1. The molecule has 0 amide bonds. The van der Waals surface area contributed by atoms with E-state index in [-0.39, 0.29) is 0 Å². The predicted octanol–water partition coefficient (Wildman–Crippen LogP) is 4.54. The highest BCUT2D eigenvalue weighted by Gasteiger charge is 2.12. The van der Waals surface area contributed by atoms with Crippen molar-refractivity contribution in [3.8, 4) is 0 Å². The number of aryl methyl sites for hydroxylation is 1. The van der Waals surface area contributed by atoms with Gasteiger partial charge < -0.3 is 5.11 Å². The van der Waals surface area contributed by atoms with Gasteiger partial charge in [-0.3, -0.25) is 0 Å². The Morgan fingerprint density at radius 2 is 1.84 bits per heavy atom. The summed E-state index contributed by atoms with van der Waals surface area (Å²) in [6.07, 6.45) is 1.45. The van der Waals surface area contributed by atoms with Crippen molar-refractivity contribution in [2.45, 2.75) is 25.4 Å². The second kappa shape index (κ2) is 6.69. The van der Waals surface area contributed by atoms with Crippen LogP contribution < -0.4 is 0 Å². The molecule has 1 atom stereocenters. The summed E-state index contributed by atoms with van der Waals surface area (Å²) in [5, 5.41) is 10.3. The van der Waals surface area contributed by atoms with Crippen molar-refractivity contribution in [3.05, 3.63) is 70.5 Å². The molecule has 0 aliphatic carbocycles. The second-order valence-electron chi connectivity index (χ2n) is 4.56. The van der Waals surface area contributed by atoms with Gasteiger partial charge in [0.2, 0.25) is 0 Å². The van der Waals surface area contributed by atoms with Crippen molar-refractivity contribution >= 4 is 11.6 Å². The average Bonchev–Trinajstić information content (AvgIpc) is 2.39. The molecule has 0 radical (unpaired) electrons. The second-order valence-corrected chi connectivity index (χ2v) is 5.00. The lowest BCUT2D eigenvalue weighted by molar-refractivity contribution is 0.160.